The summed E-state index contributed by atoms with van der Waals surface area (Å²) in [5.41, 5.74) is 25.9. The lowest BCUT2D eigenvalue weighted by Gasteiger charge is -2.19. The maximum Gasteiger partial charge on any atom is 0.143 e. The quantitative estimate of drug-likeness (QED) is 0.142. The number of hydrogen-bond acceptors (Lipinski definition) is 4. The molecule has 0 unspecified atom stereocenters. The molecule has 4 nitrogen and oxygen atoms in total. The Balaban J connectivity index is 0.000000134. The van der Waals surface area contributed by atoms with Crippen LogP contribution >= 0.6 is 0 Å². The van der Waals surface area contributed by atoms with Crippen molar-refractivity contribution in [3.8, 4) is 89.0 Å². The van der Waals surface area contributed by atoms with Crippen molar-refractivity contribution >= 4 is 152 Å². The first-order valence-corrected chi connectivity index (χ1v) is 38.3. The zero-order chi connectivity index (χ0) is 73.5. The van der Waals surface area contributed by atoms with Crippen LogP contribution in [0, 0.1) is 0 Å². The van der Waals surface area contributed by atoms with Crippen molar-refractivity contribution in [2.45, 2.75) is 0 Å². The number of benzene rings is 20. The van der Waals surface area contributed by atoms with Crippen LogP contribution in [0.25, 0.3) is 241 Å². The Labute approximate surface area is 643 Å². The normalized spacial score (nSPS) is 11.9. The second-order valence-electron chi connectivity index (χ2n) is 29.4. The van der Waals surface area contributed by atoms with Gasteiger partial charge < -0.3 is 17.7 Å². The van der Waals surface area contributed by atoms with Gasteiger partial charge in [0.1, 0.15) is 44.7 Å². The summed E-state index contributed by atoms with van der Waals surface area (Å²) in [6, 6.07) is 140. The van der Waals surface area contributed by atoms with E-state index in [-0.39, 0.29) is 0 Å². The van der Waals surface area contributed by atoms with Crippen molar-refractivity contribution in [3.05, 3.63) is 388 Å². The Bertz CT molecular complexity index is 7660. The molecule has 0 saturated carbocycles. The Morgan fingerprint density at radius 1 is 0.116 bits per heavy atom. The van der Waals surface area contributed by atoms with Gasteiger partial charge >= 0.3 is 0 Å². The standard InChI is InChI=1S/2C54H32O2/c1-2-14-33(15-3-1)34-18-8-20-36-35(34)19-9-23-41(36)52-42-24-10-21-37(44-26-12-28-46-39-16-4-6-30-50(39)55-53(44)46)48(42)32-49-38(22-11-25-43(49)52)45-27-13-29-47-40-17-5-7-31-51(40)56-54(45)47;1-2-12-33(13-3-1)36-16-8-20-40-39(36)19-11-21-45(40)54-46-22-9-17-37(34-26-28-43-41-14-4-6-24-50(41)55-52(43)30-34)48(46)32-49-38(18-10-23-47(49)54)35-27-29-44-42-15-5-7-25-51(42)56-53(44)31-35/h2*1-32H. The molecule has 0 spiro atoms. The predicted octanol–water partition coefficient (Wildman–Crippen LogP) is 31.2. The first-order valence-electron chi connectivity index (χ1n) is 38.3. The van der Waals surface area contributed by atoms with Gasteiger partial charge in [-0.1, -0.05) is 328 Å². The van der Waals surface area contributed by atoms with Crippen LogP contribution < -0.4 is 0 Å². The summed E-state index contributed by atoms with van der Waals surface area (Å²) in [6.07, 6.45) is 0. The minimum atomic E-state index is 0.893. The molecule has 4 heteroatoms. The molecule has 520 valence electrons. The molecule has 0 amide bonds. The first kappa shape index (κ1) is 63.3. The summed E-state index contributed by atoms with van der Waals surface area (Å²) in [6.45, 7) is 0. The molecule has 4 aromatic heterocycles. The lowest BCUT2D eigenvalue weighted by Crippen LogP contribution is -1.92. The van der Waals surface area contributed by atoms with E-state index < -0.39 is 0 Å². The van der Waals surface area contributed by atoms with Crippen LogP contribution in [0.4, 0.5) is 0 Å². The fraction of sp³-hybridized carbons (Fsp3) is 0. The molecular weight excluding hydrogens is 1360 g/mol. The van der Waals surface area contributed by atoms with Crippen molar-refractivity contribution in [3.63, 3.8) is 0 Å². The molecule has 0 bridgehead atoms. The molecule has 0 aliphatic heterocycles. The van der Waals surface area contributed by atoms with Gasteiger partial charge in [0.15, 0.2) is 0 Å². The number of rotatable bonds is 8. The minimum Gasteiger partial charge on any atom is -0.456 e. The monoisotopic (exact) mass is 1420 g/mol. The van der Waals surface area contributed by atoms with Crippen molar-refractivity contribution in [1.29, 1.82) is 0 Å². The van der Waals surface area contributed by atoms with E-state index in [1.54, 1.807) is 0 Å². The van der Waals surface area contributed by atoms with Crippen LogP contribution in [0.1, 0.15) is 0 Å². The molecule has 0 fully saturated rings. The van der Waals surface area contributed by atoms with E-state index in [1.807, 2.05) is 36.4 Å². The molecule has 0 radical (unpaired) electrons. The van der Waals surface area contributed by atoms with Crippen molar-refractivity contribution in [2.75, 3.05) is 0 Å². The molecule has 24 aromatic rings. The predicted molar refractivity (Wildman–Crippen MR) is 471 cm³/mol. The van der Waals surface area contributed by atoms with Crippen LogP contribution in [0.3, 0.4) is 0 Å². The SMILES string of the molecule is c1ccc(-c2cccc3c(-c4c5cccc(-c6ccc7c(c6)oc6ccccc67)c5cc5c(-c6ccc7c(c6)oc6ccccc67)cccc45)cccc23)cc1.c1ccc(-c2cccc3c(-c4c5cccc(-c6cccc7c6oc6ccccc67)c5cc5c(-c6cccc7c6oc6ccccc67)cccc45)cccc23)cc1. The molecule has 0 saturated heterocycles. The Kier molecular flexibility index (Phi) is 14.3. The van der Waals surface area contributed by atoms with E-state index in [4.69, 9.17) is 17.7 Å². The first-order chi connectivity index (χ1) is 55.6. The Morgan fingerprint density at radius 3 is 0.741 bits per heavy atom. The third-order valence-electron chi connectivity index (χ3n) is 23.4. The zero-order valence-corrected chi connectivity index (χ0v) is 60.6. The van der Waals surface area contributed by atoms with Gasteiger partial charge in [-0.15, -0.1) is 0 Å². The van der Waals surface area contributed by atoms with Gasteiger partial charge in [0, 0.05) is 54.2 Å². The second kappa shape index (κ2) is 25.4. The van der Waals surface area contributed by atoms with Gasteiger partial charge in [0.05, 0.1) is 0 Å². The maximum atomic E-state index is 6.66. The van der Waals surface area contributed by atoms with E-state index in [9.17, 15) is 0 Å². The highest BCUT2D eigenvalue weighted by Gasteiger charge is 2.25. The minimum absolute atomic E-state index is 0.893. The van der Waals surface area contributed by atoms with E-state index in [2.05, 4.69) is 352 Å². The van der Waals surface area contributed by atoms with Gasteiger partial charge in [-0.05, 0) is 203 Å². The van der Waals surface area contributed by atoms with Gasteiger partial charge in [0.25, 0.3) is 0 Å². The number of fused-ring (bicyclic) bond motifs is 18. The molecule has 4 heterocycles. The fourth-order valence-corrected chi connectivity index (χ4v) is 18.4. The molecule has 0 aliphatic rings. The number of para-hydroxylation sites is 6. The van der Waals surface area contributed by atoms with E-state index in [0.717, 1.165) is 121 Å². The van der Waals surface area contributed by atoms with E-state index >= 15 is 0 Å². The van der Waals surface area contributed by atoms with E-state index in [0.29, 0.717) is 0 Å². The van der Waals surface area contributed by atoms with Crippen LogP contribution in [-0.4, -0.2) is 0 Å². The zero-order valence-electron chi connectivity index (χ0n) is 60.6. The van der Waals surface area contributed by atoms with Crippen molar-refractivity contribution in [1.82, 2.24) is 0 Å². The van der Waals surface area contributed by atoms with Gasteiger partial charge in [-0.3, -0.25) is 0 Å². The lowest BCUT2D eigenvalue weighted by molar-refractivity contribution is 0.668. The topological polar surface area (TPSA) is 52.6 Å². The third-order valence-corrected chi connectivity index (χ3v) is 23.4. The summed E-state index contributed by atoms with van der Waals surface area (Å²) in [5.74, 6) is 0. The number of hydrogen-bond donors (Lipinski definition) is 0. The summed E-state index contributed by atoms with van der Waals surface area (Å²) in [4.78, 5) is 0. The average molecular weight is 1430 g/mol. The second-order valence-corrected chi connectivity index (χ2v) is 29.4. The molecule has 24 rings (SSSR count). The van der Waals surface area contributed by atoms with Crippen LogP contribution in [0.15, 0.2) is 406 Å². The molecule has 112 heavy (non-hydrogen) atoms. The average Bonchev–Trinajstić information content (AvgIpc) is 0.858. The van der Waals surface area contributed by atoms with Crippen LogP contribution in [-0.2, 0) is 0 Å². The molecule has 0 aliphatic carbocycles. The summed E-state index contributed by atoms with van der Waals surface area (Å²) < 4.78 is 26.1. The fourth-order valence-electron chi connectivity index (χ4n) is 18.4. The van der Waals surface area contributed by atoms with Gasteiger partial charge in [0.2, 0.25) is 0 Å². The maximum absolute atomic E-state index is 6.66. The van der Waals surface area contributed by atoms with Crippen LogP contribution in [0.2, 0.25) is 0 Å². The summed E-state index contributed by atoms with van der Waals surface area (Å²) in [7, 11) is 0. The van der Waals surface area contributed by atoms with Crippen molar-refractivity contribution < 1.29 is 17.7 Å². The van der Waals surface area contributed by atoms with Crippen LogP contribution in [0.5, 0.6) is 0 Å². The smallest absolute Gasteiger partial charge is 0.143 e. The van der Waals surface area contributed by atoms with Gasteiger partial charge in [-0.25, -0.2) is 0 Å². The van der Waals surface area contributed by atoms with E-state index in [1.165, 1.54) is 120 Å². The highest BCUT2D eigenvalue weighted by molar-refractivity contribution is 6.26. The highest BCUT2D eigenvalue weighted by atomic mass is 16.3. The molecule has 20 aromatic carbocycles. The third kappa shape index (κ3) is 9.95. The lowest BCUT2D eigenvalue weighted by atomic mass is 9.84. The van der Waals surface area contributed by atoms with Gasteiger partial charge in [-0.2, -0.15) is 0 Å². The number of furan rings is 4. The Morgan fingerprint density at radius 2 is 0.366 bits per heavy atom. The summed E-state index contributed by atoms with van der Waals surface area (Å²) in [5, 5.41) is 23.5. The molecule has 0 atom stereocenters. The summed E-state index contributed by atoms with van der Waals surface area (Å²) >= 11 is 0. The molecular formula is C108H64O4. The largest absolute Gasteiger partial charge is 0.456 e. The Hall–Kier alpha value is -14.8. The highest BCUT2D eigenvalue weighted by Crippen LogP contribution is 2.51. The van der Waals surface area contributed by atoms with Crippen molar-refractivity contribution in [2.24, 2.45) is 0 Å². The molecule has 0 N–H and O–H groups in total.